The number of hydrogen-bond acceptors (Lipinski definition) is 2. The number of unbranched alkanes of at least 4 members (excludes halogenated alkanes) is 5. The first-order valence-electron chi connectivity index (χ1n) is 6.81. The summed E-state index contributed by atoms with van der Waals surface area (Å²) in [7, 11) is 0. The van der Waals surface area contributed by atoms with E-state index in [-0.39, 0.29) is 18.2 Å². The van der Waals surface area contributed by atoms with Gasteiger partial charge in [0.05, 0.1) is 6.61 Å². The Bertz CT molecular complexity index is 352. The Balaban J connectivity index is 0.00000324. The zero-order chi connectivity index (χ0) is 13.2. The van der Waals surface area contributed by atoms with Crippen LogP contribution in [0.2, 0.25) is 0 Å². The van der Waals surface area contributed by atoms with Crippen molar-refractivity contribution in [2.45, 2.75) is 45.4 Å². The van der Waals surface area contributed by atoms with Gasteiger partial charge in [-0.05, 0) is 30.7 Å². The van der Waals surface area contributed by atoms with Crippen molar-refractivity contribution in [3.63, 3.8) is 0 Å². The molecule has 3 N–H and O–H groups in total. The van der Waals surface area contributed by atoms with Crippen LogP contribution in [0.5, 0.6) is 5.75 Å². The Morgan fingerprint density at radius 3 is 2.21 bits per heavy atom. The lowest BCUT2D eigenvalue weighted by Gasteiger charge is -2.06. The minimum absolute atomic E-state index is 0. The molecule has 0 bridgehead atoms. The number of hydrogen-bond donors (Lipinski definition) is 2. The quantitative estimate of drug-likeness (QED) is 0.407. The third kappa shape index (κ3) is 7.73. The number of benzene rings is 1. The van der Waals surface area contributed by atoms with Gasteiger partial charge in [0.1, 0.15) is 11.6 Å². The molecule has 3 nitrogen and oxygen atoms in total. The van der Waals surface area contributed by atoms with Gasteiger partial charge in [-0.2, -0.15) is 0 Å². The van der Waals surface area contributed by atoms with Crippen LogP contribution in [0.25, 0.3) is 0 Å². The second kappa shape index (κ2) is 10.7. The van der Waals surface area contributed by atoms with Gasteiger partial charge in [-0.25, -0.2) is 0 Å². The fourth-order valence-electron chi connectivity index (χ4n) is 1.80. The smallest absolute Gasteiger partial charge is 0.122 e. The minimum atomic E-state index is 0. The van der Waals surface area contributed by atoms with Gasteiger partial charge in [0, 0.05) is 5.56 Å². The fourth-order valence-corrected chi connectivity index (χ4v) is 1.80. The van der Waals surface area contributed by atoms with Crippen molar-refractivity contribution >= 4 is 18.2 Å². The summed E-state index contributed by atoms with van der Waals surface area (Å²) in [6.45, 7) is 3.00. The van der Waals surface area contributed by atoms with Crippen LogP contribution in [0, 0.1) is 5.41 Å². The van der Waals surface area contributed by atoms with Crippen LogP contribution in [0.3, 0.4) is 0 Å². The molecule has 0 aliphatic carbocycles. The molecule has 0 saturated carbocycles. The van der Waals surface area contributed by atoms with Crippen molar-refractivity contribution in [1.29, 1.82) is 5.41 Å². The van der Waals surface area contributed by atoms with E-state index >= 15 is 0 Å². The third-order valence-corrected chi connectivity index (χ3v) is 2.93. The summed E-state index contributed by atoms with van der Waals surface area (Å²) in [6.07, 6.45) is 7.63. The number of rotatable bonds is 9. The molecule has 0 atom stereocenters. The molecule has 19 heavy (non-hydrogen) atoms. The molecule has 0 spiro atoms. The molecule has 0 aromatic heterocycles. The van der Waals surface area contributed by atoms with Gasteiger partial charge >= 0.3 is 0 Å². The van der Waals surface area contributed by atoms with Crippen LogP contribution >= 0.6 is 12.4 Å². The Labute approximate surface area is 122 Å². The van der Waals surface area contributed by atoms with E-state index in [0.29, 0.717) is 0 Å². The molecule has 1 aromatic rings. The van der Waals surface area contributed by atoms with Gasteiger partial charge < -0.3 is 10.5 Å². The fraction of sp³-hybridized carbons (Fsp3) is 0.533. The molecule has 1 aromatic carbocycles. The molecule has 1 rings (SSSR count). The van der Waals surface area contributed by atoms with Crippen molar-refractivity contribution in [3.05, 3.63) is 29.8 Å². The first-order chi connectivity index (χ1) is 8.74. The van der Waals surface area contributed by atoms with Crippen LogP contribution in [0.15, 0.2) is 24.3 Å². The second-order valence-corrected chi connectivity index (χ2v) is 4.55. The predicted octanol–water partition coefficient (Wildman–Crippen LogP) is 4.13. The summed E-state index contributed by atoms with van der Waals surface area (Å²) in [6, 6.07) is 7.37. The van der Waals surface area contributed by atoms with Gasteiger partial charge in [0.25, 0.3) is 0 Å². The molecule has 0 aliphatic heterocycles. The number of nitrogen functional groups attached to an aromatic ring is 1. The van der Waals surface area contributed by atoms with Crippen molar-refractivity contribution in [1.82, 2.24) is 0 Å². The molecule has 0 aliphatic rings. The zero-order valence-corrected chi connectivity index (χ0v) is 12.5. The second-order valence-electron chi connectivity index (χ2n) is 4.55. The number of nitrogens with one attached hydrogen (secondary N) is 1. The van der Waals surface area contributed by atoms with Crippen molar-refractivity contribution in [3.8, 4) is 5.75 Å². The zero-order valence-electron chi connectivity index (χ0n) is 11.7. The lowest BCUT2D eigenvalue weighted by Crippen LogP contribution is -2.10. The van der Waals surface area contributed by atoms with E-state index in [0.717, 1.165) is 24.3 Å². The first-order valence-corrected chi connectivity index (χ1v) is 6.81. The molecule has 0 saturated heterocycles. The van der Waals surface area contributed by atoms with E-state index < -0.39 is 0 Å². The predicted molar refractivity (Wildman–Crippen MR) is 83.6 cm³/mol. The highest BCUT2D eigenvalue weighted by Gasteiger charge is 1.97. The molecular weight excluding hydrogens is 260 g/mol. The van der Waals surface area contributed by atoms with Crippen LogP contribution in [0.4, 0.5) is 0 Å². The molecule has 0 fully saturated rings. The molecule has 0 unspecified atom stereocenters. The number of halogens is 1. The highest BCUT2D eigenvalue weighted by atomic mass is 35.5. The van der Waals surface area contributed by atoms with Crippen LogP contribution < -0.4 is 10.5 Å². The lowest BCUT2D eigenvalue weighted by atomic mass is 10.1. The molecule has 108 valence electrons. The Kier molecular flexibility index (Phi) is 9.99. The van der Waals surface area contributed by atoms with E-state index in [1.807, 2.05) is 24.3 Å². The monoisotopic (exact) mass is 284 g/mol. The normalized spacial score (nSPS) is 9.74. The maximum Gasteiger partial charge on any atom is 0.122 e. The van der Waals surface area contributed by atoms with E-state index in [2.05, 4.69) is 6.92 Å². The van der Waals surface area contributed by atoms with E-state index in [9.17, 15) is 0 Å². The van der Waals surface area contributed by atoms with Gasteiger partial charge in [-0.3, -0.25) is 5.41 Å². The summed E-state index contributed by atoms with van der Waals surface area (Å²) in [5.41, 5.74) is 6.12. The van der Waals surface area contributed by atoms with Crippen molar-refractivity contribution < 1.29 is 4.74 Å². The van der Waals surface area contributed by atoms with Gasteiger partial charge in [0.2, 0.25) is 0 Å². The summed E-state index contributed by atoms with van der Waals surface area (Å²) in [5.74, 6) is 0.950. The van der Waals surface area contributed by atoms with Crippen LogP contribution in [0.1, 0.15) is 51.0 Å². The largest absolute Gasteiger partial charge is 0.494 e. The molecule has 0 radical (unpaired) electrons. The molecule has 4 heteroatoms. The van der Waals surface area contributed by atoms with Crippen molar-refractivity contribution in [2.75, 3.05) is 6.61 Å². The van der Waals surface area contributed by atoms with Crippen molar-refractivity contribution in [2.24, 2.45) is 5.73 Å². The number of nitrogens with two attached hydrogens (primary N) is 1. The van der Waals surface area contributed by atoms with E-state index in [4.69, 9.17) is 15.9 Å². The summed E-state index contributed by atoms with van der Waals surface area (Å²) in [5, 5.41) is 7.29. The van der Waals surface area contributed by atoms with Crippen LogP contribution in [-0.2, 0) is 0 Å². The SMILES string of the molecule is CCCCCCCCOc1ccc(C(=N)N)cc1.Cl. The topological polar surface area (TPSA) is 59.1 Å². The molecular formula is C15H25ClN2O. The minimum Gasteiger partial charge on any atom is -0.494 e. The summed E-state index contributed by atoms with van der Waals surface area (Å²) < 4.78 is 5.64. The maximum absolute atomic E-state index is 7.29. The third-order valence-electron chi connectivity index (χ3n) is 2.93. The highest BCUT2D eigenvalue weighted by molar-refractivity contribution is 5.94. The lowest BCUT2D eigenvalue weighted by molar-refractivity contribution is 0.304. The molecule has 0 heterocycles. The Morgan fingerprint density at radius 1 is 1.05 bits per heavy atom. The maximum atomic E-state index is 7.29. The summed E-state index contributed by atoms with van der Waals surface area (Å²) >= 11 is 0. The highest BCUT2D eigenvalue weighted by Crippen LogP contribution is 2.13. The van der Waals surface area contributed by atoms with Gasteiger partial charge in [0.15, 0.2) is 0 Å². The van der Waals surface area contributed by atoms with Gasteiger partial charge in [-0.1, -0.05) is 39.0 Å². The Hall–Kier alpha value is -1.22. The van der Waals surface area contributed by atoms with Gasteiger partial charge in [-0.15, -0.1) is 12.4 Å². The van der Waals surface area contributed by atoms with E-state index in [1.54, 1.807) is 0 Å². The average molecular weight is 285 g/mol. The molecule has 0 amide bonds. The Morgan fingerprint density at radius 2 is 1.63 bits per heavy atom. The van der Waals surface area contributed by atoms with E-state index in [1.165, 1.54) is 32.1 Å². The number of amidine groups is 1. The average Bonchev–Trinajstić information content (AvgIpc) is 2.38. The number of ether oxygens (including phenoxy) is 1. The standard InChI is InChI=1S/C15H24N2O.ClH/c1-2-3-4-5-6-7-12-18-14-10-8-13(9-11-14)15(16)17;/h8-11H,2-7,12H2,1H3,(H3,16,17);1H. The van der Waals surface area contributed by atoms with Crippen LogP contribution in [-0.4, -0.2) is 12.4 Å². The summed E-state index contributed by atoms with van der Waals surface area (Å²) in [4.78, 5) is 0. The first kappa shape index (κ1) is 17.8.